The van der Waals surface area contributed by atoms with Crippen molar-refractivity contribution in [2.24, 2.45) is 5.92 Å². The number of thiophene rings is 1. The zero-order valence-corrected chi connectivity index (χ0v) is 17.6. The van der Waals surface area contributed by atoms with E-state index in [0.717, 1.165) is 18.6 Å². The van der Waals surface area contributed by atoms with E-state index < -0.39 is 6.36 Å². The van der Waals surface area contributed by atoms with Crippen LogP contribution in [0.2, 0.25) is 0 Å². The summed E-state index contributed by atoms with van der Waals surface area (Å²) in [6, 6.07) is 9.03. The zero-order valence-electron chi connectivity index (χ0n) is 16.8. The summed E-state index contributed by atoms with van der Waals surface area (Å²) in [6.45, 7) is 2.05. The minimum Gasteiger partial charge on any atom is -0.406 e. The molecule has 0 radical (unpaired) electrons. The van der Waals surface area contributed by atoms with Gasteiger partial charge in [-0.1, -0.05) is 6.07 Å². The summed E-state index contributed by atoms with van der Waals surface area (Å²) in [5.41, 5.74) is 0.388. The highest BCUT2D eigenvalue weighted by molar-refractivity contribution is 7.09. The second kappa shape index (κ2) is 10.6. The number of amides is 2. The normalized spacial score (nSPS) is 15.5. The van der Waals surface area contributed by atoms with Gasteiger partial charge < -0.3 is 15.4 Å². The predicted molar refractivity (Wildman–Crippen MR) is 112 cm³/mol. The average Bonchev–Trinajstić information content (AvgIpc) is 3.22. The molecule has 2 N–H and O–H groups in total. The minimum atomic E-state index is -4.75. The molecule has 2 aromatic rings. The van der Waals surface area contributed by atoms with Gasteiger partial charge in [0.15, 0.2) is 0 Å². The summed E-state index contributed by atoms with van der Waals surface area (Å²) in [5, 5.41) is 7.66. The van der Waals surface area contributed by atoms with E-state index in [9.17, 15) is 22.8 Å². The fourth-order valence-corrected chi connectivity index (χ4v) is 4.11. The molecule has 1 fully saturated rings. The number of hydrogen-bond donors (Lipinski definition) is 2. The molecule has 0 atom stereocenters. The van der Waals surface area contributed by atoms with Gasteiger partial charge in [0.2, 0.25) is 11.8 Å². The molecule has 6 nitrogen and oxygen atoms in total. The Morgan fingerprint density at radius 1 is 1.13 bits per heavy atom. The van der Waals surface area contributed by atoms with Crippen LogP contribution in [0.1, 0.15) is 17.7 Å². The lowest BCUT2D eigenvalue weighted by molar-refractivity contribution is -0.274. The number of piperidine rings is 1. The largest absolute Gasteiger partial charge is 0.573 e. The molecule has 1 saturated heterocycles. The lowest BCUT2D eigenvalue weighted by Gasteiger charge is -2.30. The number of likely N-dealkylation sites (tertiary alicyclic amines) is 1. The van der Waals surface area contributed by atoms with E-state index >= 15 is 0 Å². The number of ether oxygens (including phenoxy) is 1. The molecule has 1 aromatic heterocycles. The summed E-state index contributed by atoms with van der Waals surface area (Å²) >= 11 is 1.67. The van der Waals surface area contributed by atoms with Crippen LogP contribution in [0.15, 0.2) is 41.8 Å². The Morgan fingerprint density at radius 3 is 2.45 bits per heavy atom. The third kappa shape index (κ3) is 7.87. The van der Waals surface area contributed by atoms with Gasteiger partial charge in [-0.25, -0.2) is 0 Å². The molecule has 1 aromatic carbocycles. The Balaban J connectivity index is 1.35. The number of rotatable bonds is 8. The van der Waals surface area contributed by atoms with Gasteiger partial charge in [0.1, 0.15) is 5.75 Å². The number of nitrogens with zero attached hydrogens (tertiary/aromatic N) is 1. The third-order valence-electron chi connectivity index (χ3n) is 4.95. The zero-order chi connectivity index (χ0) is 22.3. The Bertz CT molecular complexity index is 849. The molecule has 168 valence electrons. The van der Waals surface area contributed by atoms with E-state index in [1.54, 1.807) is 11.3 Å². The van der Waals surface area contributed by atoms with E-state index in [0.29, 0.717) is 38.2 Å². The quantitative estimate of drug-likeness (QED) is 0.638. The molecule has 0 spiro atoms. The van der Waals surface area contributed by atoms with Crippen LogP contribution in [0, 0.1) is 5.92 Å². The van der Waals surface area contributed by atoms with Crippen molar-refractivity contribution < 1.29 is 27.5 Å². The number of halogens is 3. The number of carbonyl (C=O) groups excluding carboxylic acids is 2. The monoisotopic (exact) mass is 455 g/mol. The SMILES string of the molecule is O=C(CN1CCC(C(=O)NCCc2cccs2)CC1)Nc1ccc(OC(F)(F)F)cc1. The first-order valence-electron chi connectivity index (χ1n) is 9.96. The Hall–Kier alpha value is -2.59. The summed E-state index contributed by atoms with van der Waals surface area (Å²) in [4.78, 5) is 27.7. The molecule has 0 bridgehead atoms. The van der Waals surface area contributed by atoms with Gasteiger partial charge >= 0.3 is 6.36 Å². The first-order chi connectivity index (χ1) is 14.8. The highest BCUT2D eigenvalue weighted by Gasteiger charge is 2.31. The van der Waals surface area contributed by atoms with Crippen LogP contribution >= 0.6 is 11.3 Å². The van der Waals surface area contributed by atoms with E-state index in [1.807, 2.05) is 22.4 Å². The van der Waals surface area contributed by atoms with Gasteiger partial charge in [0, 0.05) is 23.0 Å². The first kappa shape index (κ1) is 23.1. The number of benzene rings is 1. The summed E-state index contributed by atoms with van der Waals surface area (Å²) in [6.07, 6.45) is -2.56. The molecule has 1 aliphatic heterocycles. The number of nitrogens with one attached hydrogen (secondary N) is 2. The van der Waals surface area contributed by atoms with Crippen molar-refractivity contribution >= 4 is 28.8 Å². The molecular weight excluding hydrogens is 431 g/mol. The predicted octanol–water partition coefficient (Wildman–Crippen LogP) is 3.66. The second-order valence-corrected chi connectivity index (χ2v) is 8.32. The molecule has 0 aliphatic carbocycles. The maximum Gasteiger partial charge on any atom is 0.573 e. The smallest absolute Gasteiger partial charge is 0.406 e. The first-order valence-corrected chi connectivity index (χ1v) is 10.8. The van der Waals surface area contributed by atoms with Gasteiger partial charge in [-0.05, 0) is 68.1 Å². The lowest BCUT2D eigenvalue weighted by atomic mass is 9.96. The van der Waals surface area contributed by atoms with Gasteiger partial charge in [0.25, 0.3) is 0 Å². The molecule has 10 heteroatoms. The van der Waals surface area contributed by atoms with Crippen LogP contribution < -0.4 is 15.4 Å². The van der Waals surface area contributed by atoms with Crippen molar-refractivity contribution in [1.82, 2.24) is 10.2 Å². The Morgan fingerprint density at radius 2 is 1.84 bits per heavy atom. The van der Waals surface area contributed by atoms with Crippen molar-refractivity contribution in [3.8, 4) is 5.75 Å². The van der Waals surface area contributed by atoms with Crippen molar-refractivity contribution in [3.63, 3.8) is 0 Å². The van der Waals surface area contributed by atoms with Gasteiger partial charge in [-0.15, -0.1) is 24.5 Å². The van der Waals surface area contributed by atoms with Crippen LogP contribution in [-0.4, -0.2) is 49.3 Å². The second-order valence-electron chi connectivity index (χ2n) is 7.29. The van der Waals surface area contributed by atoms with Crippen LogP contribution in [0.4, 0.5) is 18.9 Å². The standard InChI is InChI=1S/C21H24F3N3O3S/c22-21(23,24)30-17-5-3-16(4-6-17)26-19(28)14-27-11-8-15(9-12-27)20(29)25-10-7-18-2-1-13-31-18/h1-6,13,15H,7-12,14H2,(H,25,29)(H,26,28). The molecule has 2 heterocycles. The molecule has 31 heavy (non-hydrogen) atoms. The maximum absolute atomic E-state index is 12.3. The highest BCUT2D eigenvalue weighted by atomic mass is 32.1. The third-order valence-corrected chi connectivity index (χ3v) is 5.88. The fraction of sp³-hybridized carbons (Fsp3) is 0.429. The summed E-state index contributed by atoms with van der Waals surface area (Å²) in [5.74, 6) is -0.602. The van der Waals surface area contributed by atoms with E-state index in [2.05, 4.69) is 15.4 Å². The number of carbonyl (C=O) groups is 2. The minimum absolute atomic E-state index is 0.0520. The summed E-state index contributed by atoms with van der Waals surface area (Å²) in [7, 11) is 0. The van der Waals surface area contributed by atoms with Crippen LogP contribution in [0.5, 0.6) is 5.75 Å². The van der Waals surface area contributed by atoms with Crippen LogP contribution in [0.3, 0.4) is 0 Å². The van der Waals surface area contributed by atoms with Crippen LogP contribution in [0.25, 0.3) is 0 Å². The Labute approximate surface area is 182 Å². The molecular formula is C21H24F3N3O3S. The fourth-order valence-electron chi connectivity index (χ4n) is 3.40. The molecule has 0 unspecified atom stereocenters. The van der Waals surface area contributed by atoms with E-state index in [4.69, 9.17) is 0 Å². The van der Waals surface area contributed by atoms with Crippen molar-refractivity contribution in [2.45, 2.75) is 25.6 Å². The van der Waals surface area contributed by atoms with Gasteiger partial charge in [-0.3, -0.25) is 14.5 Å². The van der Waals surface area contributed by atoms with E-state index in [1.165, 1.54) is 17.0 Å². The number of alkyl halides is 3. The van der Waals surface area contributed by atoms with Crippen molar-refractivity contribution in [2.75, 3.05) is 31.5 Å². The molecule has 3 rings (SSSR count). The molecule has 0 saturated carbocycles. The molecule has 1 aliphatic rings. The maximum atomic E-state index is 12.3. The topological polar surface area (TPSA) is 70.7 Å². The van der Waals surface area contributed by atoms with E-state index in [-0.39, 0.29) is 30.0 Å². The average molecular weight is 456 g/mol. The highest BCUT2D eigenvalue weighted by Crippen LogP contribution is 2.24. The van der Waals surface area contributed by atoms with Crippen molar-refractivity contribution in [1.29, 1.82) is 0 Å². The van der Waals surface area contributed by atoms with Crippen molar-refractivity contribution in [3.05, 3.63) is 46.7 Å². The summed E-state index contributed by atoms with van der Waals surface area (Å²) < 4.78 is 40.4. The molecule has 2 amide bonds. The number of anilines is 1. The van der Waals surface area contributed by atoms with Gasteiger partial charge in [0.05, 0.1) is 6.54 Å². The lowest BCUT2D eigenvalue weighted by Crippen LogP contribution is -2.43. The Kier molecular flexibility index (Phi) is 7.91. The van der Waals surface area contributed by atoms with Crippen LogP contribution in [-0.2, 0) is 16.0 Å². The number of hydrogen-bond acceptors (Lipinski definition) is 5. The van der Waals surface area contributed by atoms with Gasteiger partial charge in [-0.2, -0.15) is 0 Å².